The Morgan fingerprint density at radius 2 is 1.89 bits per heavy atom. The Kier molecular flexibility index (Phi) is 3.57. The Hall–Kier alpha value is -1.55. The molecule has 0 aliphatic carbocycles. The van der Waals surface area contributed by atoms with Crippen LogP contribution in [0.4, 0.5) is 0 Å². The van der Waals surface area contributed by atoms with Crippen molar-refractivity contribution in [3.05, 3.63) is 34.2 Å². The first-order valence-electron chi connectivity index (χ1n) is 6.45. The first kappa shape index (κ1) is 12.9. The van der Waals surface area contributed by atoms with Crippen LogP contribution >= 0.6 is 0 Å². The van der Waals surface area contributed by atoms with Crippen LogP contribution < -0.4 is 11.0 Å². The molecule has 0 fully saturated rings. The summed E-state index contributed by atoms with van der Waals surface area (Å²) in [6.07, 6.45) is 1.12. The van der Waals surface area contributed by atoms with E-state index >= 15 is 0 Å². The normalized spacial score (nSPS) is 13.1. The highest BCUT2D eigenvalue weighted by Crippen LogP contribution is 2.19. The largest absolute Gasteiger partial charge is 0.328 e. The van der Waals surface area contributed by atoms with E-state index in [-0.39, 0.29) is 5.69 Å². The molecule has 0 aliphatic rings. The van der Waals surface area contributed by atoms with E-state index in [2.05, 4.69) is 31.3 Å². The average molecular weight is 247 g/mol. The van der Waals surface area contributed by atoms with Crippen molar-refractivity contribution < 1.29 is 0 Å². The summed E-state index contributed by atoms with van der Waals surface area (Å²) in [6, 6.07) is 6.53. The van der Waals surface area contributed by atoms with Crippen molar-refractivity contribution in [2.75, 3.05) is 6.54 Å². The molecule has 98 valence electrons. The number of aryl methyl sites for hydroxylation is 2. The lowest BCUT2D eigenvalue weighted by atomic mass is 10.1. The maximum Gasteiger partial charge on any atom is 0.328 e. The molecule has 0 radical (unpaired) electrons. The fraction of sp³-hybridized carbons (Fsp3) is 0.500. The van der Waals surface area contributed by atoms with Crippen LogP contribution in [0, 0.1) is 0 Å². The van der Waals surface area contributed by atoms with Crippen molar-refractivity contribution >= 4 is 11.0 Å². The van der Waals surface area contributed by atoms with Gasteiger partial charge in [0.15, 0.2) is 0 Å². The summed E-state index contributed by atoms with van der Waals surface area (Å²) in [7, 11) is 3.63. The zero-order valence-electron chi connectivity index (χ0n) is 11.5. The Morgan fingerprint density at radius 1 is 1.22 bits per heavy atom. The molecule has 1 heterocycles. The fourth-order valence-corrected chi connectivity index (χ4v) is 2.27. The van der Waals surface area contributed by atoms with Gasteiger partial charge in [-0.2, -0.15) is 0 Å². The van der Waals surface area contributed by atoms with Gasteiger partial charge in [0.05, 0.1) is 11.0 Å². The minimum Gasteiger partial charge on any atom is -0.310 e. The molecular formula is C14H21N3O. The molecule has 1 atom stereocenters. The highest BCUT2D eigenvalue weighted by molar-refractivity contribution is 5.77. The number of benzene rings is 1. The molecule has 0 saturated heterocycles. The molecule has 0 saturated carbocycles. The van der Waals surface area contributed by atoms with Gasteiger partial charge in [0.1, 0.15) is 0 Å². The first-order chi connectivity index (χ1) is 8.56. The molecule has 0 spiro atoms. The Labute approximate surface area is 107 Å². The van der Waals surface area contributed by atoms with E-state index in [0.717, 1.165) is 24.0 Å². The molecular weight excluding hydrogens is 226 g/mol. The minimum absolute atomic E-state index is 0.0244. The molecule has 2 rings (SSSR count). The highest BCUT2D eigenvalue weighted by Gasteiger charge is 2.10. The van der Waals surface area contributed by atoms with E-state index in [1.165, 1.54) is 5.56 Å². The van der Waals surface area contributed by atoms with Gasteiger partial charge in [-0.1, -0.05) is 13.0 Å². The summed E-state index contributed by atoms with van der Waals surface area (Å²) >= 11 is 0. The van der Waals surface area contributed by atoms with Crippen molar-refractivity contribution in [1.82, 2.24) is 14.5 Å². The van der Waals surface area contributed by atoms with Gasteiger partial charge in [-0.3, -0.25) is 9.13 Å². The third kappa shape index (κ3) is 2.08. The SMILES string of the molecule is CCCNC(C)c1ccc2c(c1)n(C)c(=O)n2C. The number of nitrogens with one attached hydrogen (secondary N) is 1. The van der Waals surface area contributed by atoms with Gasteiger partial charge in [-0.25, -0.2) is 4.79 Å². The number of fused-ring (bicyclic) bond motifs is 1. The molecule has 18 heavy (non-hydrogen) atoms. The topological polar surface area (TPSA) is 39.0 Å². The smallest absolute Gasteiger partial charge is 0.310 e. The molecule has 1 aromatic carbocycles. The number of nitrogens with zero attached hydrogens (tertiary/aromatic N) is 2. The van der Waals surface area contributed by atoms with E-state index in [0.29, 0.717) is 6.04 Å². The maximum atomic E-state index is 11.9. The van der Waals surface area contributed by atoms with Crippen LogP contribution in [0.25, 0.3) is 11.0 Å². The molecule has 0 aliphatic heterocycles. The quantitative estimate of drug-likeness (QED) is 0.896. The third-order valence-corrected chi connectivity index (χ3v) is 3.50. The Bertz CT molecular complexity index is 609. The van der Waals surface area contributed by atoms with Gasteiger partial charge in [0.2, 0.25) is 0 Å². The number of hydrogen-bond donors (Lipinski definition) is 1. The Balaban J connectivity index is 2.44. The zero-order chi connectivity index (χ0) is 13.3. The summed E-state index contributed by atoms with van der Waals surface area (Å²) in [5.74, 6) is 0. The standard InChI is InChI=1S/C14H21N3O/c1-5-8-15-10(2)11-6-7-12-13(9-11)17(4)14(18)16(12)3/h6-7,9-10,15H,5,8H2,1-4H3. The Morgan fingerprint density at radius 3 is 2.56 bits per heavy atom. The van der Waals surface area contributed by atoms with Crippen LogP contribution in [0.5, 0.6) is 0 Å². The van der Waals surface area contributed by atoms with E-state index in [1.54, 1.807) is 9.13 Å². The predicted molar refractivity (Wildman–Crippen MR) is 74.9 cm³/mol. The lowest BCUT2D eigenvalue weighted by Crippen LogP contribution is -2.19. The molecule has 4 heteroatoms. The highest BCUT2D eigenvalue weighted by atomic mass is 16.1. The minimum atomic E-state index is 0.0244. The number of aromatic nitrogens is 2. The average Bonchev–Trinajstić information content (AvgIpc) is 2.61. The number of imidazole rings is 1. The molecule has 1 unspecified atom stereocenters. The second kappa shape index (κ2) is 4.98. The van der Waals surface area contributed by atoms with Gasteiger partial charge in [0, 0.05) is 20.1 Å². The summed E-state index contributed by atoms with van der Waals surface area (Å²) in [5.41, 5.74) is 3.22. The van der Waals surface area contributed by atoms with Gasteiger partial charge >= 0.3 is 5.69 Å². The maximum absolute atomic E-state index is 11.9. The van der Waals surface area contributed by atoms with Crippen LogP contribution in [0.3, 0.4) is 0 Å². The van der Waals surface area contributed by atoms with Crippen molar-refractivity contribution in [3.8, 4) is 0 Å². The van der Waals surface area contributed by atoms with Crippen LogP contribution in [-0.2, 0) is 14.1 Å². The zero-order valence-corrected chi connectivity index (χ0v) is 11.5. The van der Waals surface area contributed by atoms with Crippen molar-refractivity contribution in [2.45, 2.75) is 26.3 Å². The van der Waals surface area contributed by atoms with Crippen molar-refractivity contribution in [1.29, 1.82) is 0 Å². The van der Waals surface area contributed by atoms with E-state index in [9.17, 15) is 4.79 Å². The van der Waals surface area contributed by atoms with E-state index < -0.39 is 0 Å². The summed E-state index contributed by atoms with van der Waals surface area (Å²) in [6.45, 7) is 5.31. The third-order valence-electron chi connectivity index (χ3n) is 3.50. The van der Waals surface area contributed by atoms with E-state index in [4.69, 9.17) is 0 Å². The van der Waals surface area contributed by atoms with Gasteiger partial charge in [-0.15, -0.1) is 0 Å². The molecule has 0 amide bonds. The van der Waals surface area contributed by atoms with Crippen molar-refractivity contribution in [3.63, 3.8) is 0 Å². The number of rotatable bonds is 4. The van der Waals surface area contributed by atoms with Crippen LogP contribution in [0.2, 0.25) is 0 Å². The molecule has 1 N–H and O–H groups in total. The van der Waals surface area contributed by atoms with Crippen LogP contribution in [0.15, 0.2) is 23.0 Å². The number of hydrogen-bond acceptors (Lipinski definition) is 2. The summed E-state index contributed by atoms with van der Waals surface area (Å²) in [4.78, 5) is 11.9. The molecule has 2 aromatic rings. The lowest BCUT2D eigenvalue weighted by Gasteiger charge is -2.13. The molecule has 1 aromatic heterocycles. The lowest BCUT2D eigenvalue weighted by molar-refractivity contribution is 0.571. The van der Waals surface area contributed by atoms with Crippen LogP contribution in [-0.4, -0.2) is 15.7 Å². The second-order valence-electron chi connectivity index (χ2n) is 4.82. The van der Waals surface area contributed by atoms with Gasteiger partial charge in [0.25, 0.3) is 0 Å². The van der Waals surface area contributed by atoms with Crippen LogP contribution in [0.1, 0.15) is 31.9 Å². The summed E-state index contributed by atoms with van der Waals surface area (Å²) < 4.78 is 3.38. The van der Waals surface area contributed by atoms with Gasteiger partial charge in [-0.05, 0) is 37.6 Å². The predicted octanol–water partition coefficient (Wildman–Crippen LogP) is 1.94. The molecule has 4 nitrogen and oxygen atoms in total. The van der Waals surface area contributed by atoms with E-state index in [1.807, 2.05) is 20.2 Å². The fourth-order valence-electron chi connectivity index (χ4n) is 2.27. The monoisotopic (exact) mass is 247 g/mol. The first-order valence-corrected chi connectivity index (χ1v) is 6.45. The summed E-state index contributed by atoms with van der Waals surface area (Å²) in [5, 5.41) is 3.46. The molecule has 0 bridgehead atoms. The second-order valence-corrected chi connectivity index (χ2v) is 4.82. The van der Waals surface area contributed by atoms with Gasteiger partial charge < -0.3 is 5.32 Å². The van der Waals surface area contributed by atoms with Crippen molar-refractivity contribution in [2.24, 2.45) is 14.1 Å².